The van der Waals surface area contributed by atoms with Crippen molar-refractivity contribution in [2.75, 3.05) is 43.9 Å². The van der Waals surface area contributed by atoms with Crippen LogP contribution in [0.1, 0.15) is 36.0 Å². The Morgan fingerprint density at radius 1 is 1.10 bits per heavy atom. The summed E-state index contributed by atoms with van der Waals surface area (Å²) < 4.78 is 111. The van der Waals surface area contributed by atoms with E-state index < -0.39 is 68.3 Å². The summed E-state index contributed by atoms with van der Waals surface area (Å²) in [7, 11) is 1.60. The summed E-state index contributed by atoms with van der Waals surface area (Å²) in [6, 6.07) is 3.22. The first-order chi connectivity index (χ1) is 22.6. The Morgan fingerprint density at radius 3 is 2.42 bits per heavy atom. The highest BCUT2D eigenvalue weighted by Crippen LogP contribution is 2.52. The van der Waals surface area contributed by atoms with Crippen LogP contribution in [0.5, 0.6) is 6.01 Å². The van der Waals surface area contributed by atoms with Gasteiger partial charge in [0.25, 0.3) is 0 Å². The van der Waals surface area contributed by atoms with Crippen molar-refractivity contribution in [3.05, 3.63) is 40.7 Å². The van der Waals surface area contributed by atoms with Gasteiger partial charge < -0.3 is 25.6 Å². The third-order valence-corrected chi connectivity index (χ3v) is 10.2. The van der Waals surface area contributed by atoms with Gasteiger partial charge in [-0.15, -0.1) is 11.3 Å². The van der Waals surface area contributed by atoms with Crippen molar-refractivity contribution < 1.29 is 40.3 Å². The zero-order valence-corrected chi connectivity index (χ0v) is 25.9. The van der Waals surface area contributed by atoms with E-state index in [-0.39, 0.29) is 65.5 Å². The number of benzene rings is 2. The first kappa shape index (κ1) is 32.1. The zero-order chi connectivity index (χ0) is 34.3. The Morgan fingerprint density at radius 2 is 1.81 bits per heavy atom. The first-order valence-corrected chi connectivity index (χ1v) is 15.8. The van der Waals surface area contributed by atoms with Crippen LogP contribution in [0.4, 0.5) is 41.6 Å². The van der Waals surface area contributed by atoms with Crippen molar-refractivity contribution in [1.82, 2.24) is 20.2 Å². The smallest absolute Gasteiger partial charge is 0.419 e. The molecule has 5 heterocycles. The Labute approximate surface area is 272 Å². The number of nitrogens with zero attached hydrogens (tertiary/aromatic N) is 5. The quantitative estimate of drug-likeness (QED) is 0.247. The molecule has 3 aliphatic heterocycles. The van der Waals surface area contributed by atoms with Crippen molar-refractivity contribution >= 4 is 49.1 Å². The van der Waals surface area contributed by atoms with Crippen molar-refractivity contribution in [3.8, 4) is 23.2 Å². The summed E-state index contributed by atoms with van der Waals surface area (Å²) in [6.45, 7) is 0.749. The second-order valence-corrected chi connectivity index (χ2v) is 13.4. The number of rotatable bonds is 5. The maximum Gasteiger partial charge on any atom is 0.419 e. The number of nitriles is 1. The molecule has 3 atom stereocenters. The van der Waals surface area contributed by atoms with Crippen LogP contribution in [-0.4, -0.2) is 66.1 Å². The number of carbonyl (C=O) groups excluding carboxylic acids is 1. The number of ether oxygens (including phenoxy) is 1. The molecule has 0 aliphatic carbocycles. The number of thiophene rings is 1. The normalized spacial score (nSPS) is 21.5. The van der Waals surface area contributed by atoms with Gasteiger partial charge in [0.1, 0.15) is 22.7 Å². The molecule has 2 unspecified atom stereocenters. The molecule has 3 fully saturated rings. The number of halogens is 7. The van der Waals surface area contributed by atoms with E-state index in [2.05, 4.69) is 15.3 Å². The van der Waals surface area contributed by atoms with Crippen LogP contribution in [0.2, 0.25) is 0 Å². The van der Waals surface area contributed by atoms with Crippen LogP contribution in [0.25, 0.3) is 32.1 Å². The number of hydrogen-bond acceptors (Lipinski definition) is 9. The molecule has 48 heavy (non-hydrogen) atoms. The van der Waals surface area contributed by atoms with Crippen LogP contribution in [-0.2, 0) is 17.1 Å². The molecule has 3 saturated heterocycles. The second-order valence-electron chi connectivity index (χ2n) is 12.3. The van der Waals surface area contributed by atoms with Crippen LogP contribution in [0.3, 0.4) is 0 Å². The first-order valence-electron chi connectivity index (χ1n) is 15.0. The lowest BCUT2D eigenvalue weighted by molar-refractivity contribution is -0.141. The largest absolute Gasteiger partial charge is 0.463 e. The average molecular weight is 694 g/mol. The van der Waals surface area contributed by atoms with E-state index in [4.69, 9.17) is 10.5 Å². The molecule has 0 spiro atoms. The van der Waals surface area contributed by atoms with Gasteiger partial charge in [-0.1, -0.05) is 6.07 Å². The Balaban J connectivity index is 1.53. The van der Waals surface area contributed by atoms with Gasteiger partial charge in [-0.2, -0.15) is 41.6 Å². The maximum absolute atomic E-state index is 15.4. The standard InChI is InChI=1S/C31H26F7N7O2S/c1-44-9-13(6-21(44)46)12-47-29-42-25-17(28(43-29)45-10-14-2-3-15(11-45)41-14)7-19(30(33,34)35)23(24(25)31(36,37)38)16-4-5-20(32)26-22(16)18(8-39)27(40)48-26/h4-5,7,13-15,41H,2-3,6,9-12,40H2,1H3/t13-,14?,15?/m1/s1. The predicted octanol–water partition coefficient (Wildman–Crippen LogP) is 5.94. The average Bonchev–Trinajstić information content (AvgIpc) is 3.66. The molecule has 9 nitrogen and oxygen atoms in total. The third kappa shape index (κ3) is 5.40. The molecule has 252 valence electrons. The Bertz CT molecular complexity index is 2010. The van der Waals surface area contributed by atoms with E-state index in [9.17, 15) is 27.6 Å². The van der Waals surface area contributed by atoms with Crippen molar-refractivity contribution in [2.45, 2.75) is 43.7 Å². The zero-order valence-electron chi connectivity index (χ0n) is 25.1. The molecule has 17 heteroatoms. The molecule has 2 aromatic heterocycles. The summed E-state index contributed by atoms with van der Waals surface area (Å²) in [5, 5.41) is 11.9. The Kier molecular flexibility index (Phi) is 7.59. The lowest BCUT2D eigenvalue weighted by Crippen LogP contribution is -2.51. The lowest BCUT2D eigenvalue weighted by atomic mass is 9.88. The molecule has 0 radical (unpaired) electrons. The van der Waals surface area contributed by atoms with Gasteiger partial charge in [0.05, 0.1) is 33.5 Å². The van der Waals surface area contributed by atoms with Gasteiger partial charge in [0.2, 0.25) is 5.91 Å². The van der Waals surface area contributed by atoms with Crippen molar-refractivity contribution in [3.63, 3.8) is 0 Å². The van der Waals surface area contributed by atoms with E-state index in [1.807, 2.05) is 0 Å². The number of carbonyl (C=O) groups is 1. The highest BCUT2D eigenvalue weighted by molar-refractivity contribution is 7.23. The summed E-state index contributed by atoms with van der Waals surface area (Å²) in [5.74, 6) is -1.57. The molecule has 2 aromatic carbocycles. The fourth-order valence-electron chi connectivity index (χ4n) is 7.05. The Hall–Kier alpha value is -4.43. The molecule has 4 aromatic rings. The third-order valence-electron chi connectivity index (χ3n) is 9.12. The highest BCUT2D eigenvalue weighted by Gasteiger charge is 2.46. The predicted molar refractivity (Wildman–Crippen MR) is 163 cm³/mol. The number of nitrogen functional groups attached to an aromatic ring is 1. The molecule has 0 saturated carbocycles. The van der Waals surface area contributed by atoms with E-state index in [0.29, 0.717) is 23.9 Å². The summed E-state index contributed by atoms with van der Waals surface area (Å²) in [6.07, 6.45) is -9.09. The number of amides is 1. The number of aromatic nitrogens is 2. The molecule has 2 bridgehead atoms. The number of anilines is 2. The number of hydrogen-bond donors (Lipinski definition) is 2. The number of piperazine rings is 1. The van der Waals surface area contributed by atoms with Crippen molar-refractivity contribution in [2.24, 2.45) is 5.92 Å². The monoisotopic (exact) mass is 693 g/mol. The summed E-state index contributed by atoms with van der Waals surface area (Å²) >= 11 is 0.550. The van der Waals surface area contributed by atoms with E-state index in [1.54, 1.807) is 18.0 Å². The summed E-state index contributed by atoms with van der Waals surface area (Å²) in [5.41, 5.74) is -0.799. The van der Waals surface area contributed by atoms with Gasteiger partial charge in [0.15, 0.2) is 0 Å². The SMILES string of the molecule is CN1C[C@H](COc2nc(N3CC4CCC(C3)N4)c3cc(C(F)(F)F)c(-c4ccc(F)c5sc(N)c(C#N)c45)c(C(F)(F)F)c3n2)CC1=O. The fraction of sp³-hybridized carbons (Fsp3) is 0.419. The van der Waals surface area contributed by atoms with Gasteiger partial charge in [0, 0.05) is 67.4 Å². The fourth-order valence-corrected chi connectivity index (χ4v) is 8.00. The van der Waals surface area contributed by atoms with E-state index in [1.165, 1.54) is 4.90 Å². The molecular formula is C31H26F7N7O2S. The minimum absolute atomic E-state index is 0.0532. The number of likely N-dealkylation sites (tertiary alicyclic amines) is 1. The maximum atomic E-state index is 15.4. The molecular weight excluding hydrogens is 667 g/mol. The van der Waals surface area contributed by atoms with Crippen LogP contribution >= 0.6 is 11.3 Å². The van der Waals surface area contributed by atoms with Crippen LogP contribution in [0, 0.1) is 23.1 Å². The van der Waals surface area contributed by atoms with Crippen molar-refractivity contribution in [1.29, 1.82) is 5.26 Å². The van der Waals surface area contributed by atoms with E-state index >= 15 is 13.2 Å². The molecule has 7 rings (SSSR count). The van der Waals surface area contributed by atoms with Gasteiger partial charge >= 0.3 is 18.4 Å². The van der Waals surface area contributed by atoms with E-state index in [0.717, 1.165) is 25.0 Å². The summed E-state index contributed by atoms with van der Waals surface area (Å²) in [4.78, 5) is 23.7. The number of alkyl halides is 6. The van der Waals surface area contributed by atoms with Gasteiger partial charge in [-0.3, -0.25) is 4.79 Å². The molecule has 3 aliphatic rings. The topological polar surface area (TPSA) is 120 Å². The minimum Gasteiger partial charge on any atom is -0.463 e. The van der Waals surface area contributed by atoms with Crippen LogP contribution in [0.15, 0.2) is 18.2 Å². The van der Waals surface area contributed by atoms with Crippen LogP contribution < -0.4 is 20.7 Å². The van der Waals surface area contributed by atoms with Gasteiger partial charge in [-0.25, -0.2) is 4.39 Å². The number of nitrogens with two attached hydrogens (primary N) is 1. The minimum atomic E-state index is -5.43. The lowest BCUT2D eigenvalue weighted by Gasteiger charge is -2.34. The molecule has 3 N–H and O–H groups in total. The number of nitrogens with one attached hydrogen (secondary N) is 1. The van der Waals surface area contributed by atoms with Gasteiger partial charge in [-0.05, 0) is 30.5 Å². The second kappa shape index (κ2) is 11.3. The highest BCUT2D eigenvalue weighted by atomic mass is 32.1. The molecule has 1 amide bonds. The number of fused-ring (bicyclic) bond motifs is 4.